The van der Waals surface area contributed by atoms with E-state index >= 15 is 0 Å². The van der Waals surface area contributed by atoms with Crippen molar-refractivity contribution in [3.05, 3.63) is 47.8 Å². The summed E-state index contributed by atoms with van der Waals surface area (Å²) >= 11 is 0. The number of carbonyl (C=O) groups is 1. The Kier molecular flexibility index (Phi) is 2.53. The third-order valence-electron chi connectivity index (χ3n) is 3.78. The minimum Gasteiger partial charge on any atom is -0.348 e. The summed E-state index contributed by atoms with van der Waals surface area (Å²) in [6.45, 7) is 3.96. The Labute approximate surface area is 120 Å². The van der Waals surface area contributed by atoms with E-state index in [0.717, 1.165) is 17.9 Å². The summed E-state index contributed by atoms with van der Waals surface area (Å²) in [5.74, 6) is 0.664. The first kappa shape index (κ1) is 12.1. The van der Waals surface area contributed by atoms with Crippen molar-refractivity contribution in [2.45, 2.75) is 20.0 Å². The molecular weight excluding hydrogens is 268 g/mol. The number of carbonyl (C=O) groups excluding carboxylic acids is 1. The molecule has 3 aromatic heterocycles. The topological polar surface area (TPSA) is 68.3 Å². The molecular formula is C14H14N6O. The maximum absolute atomic E-state index is 12.7. The summed E-state index contributed by atoms with van der Waals surface area (Å²) in [5, 5.41) is 7.99. The molecule has 4 heterocycles. The van der Waals surface area contributed by atoms with Crippen molar-refractivity contribution in [1.29, 1.82) is 0 Å². The van der Waals surface area contributed by atoms with Crippen molar-refractivity contribution in [1.82, 2.24) is 29.0 Å². The molecule has 0 bridgehead atoms. The van der Waals surface area contributed by atoms with Crippen molar-refractivity contribution >= 4 is 11.7 Å². The molecule has 0 atom stereocenters. The fraction of sp³-hybridized carbons (Fsp3) is 0.286. The van der Waals surface area contributed by atoms with E-state index in [-0.39, 0.29) is 5.91 Å². The summed E-state index contributed by atoms with van der Waals surface area (Å²) in [7, 11) is 0. The van der Waals surface area contributed by atoms with Crippen molar-refractivity contribution in [2.24, 2.45) is 0 Å². The molecule has 106 valence electrons. The number of hydrogen-bond donors (Lipinski definition) is 0. The van der Waals surface area contributed by atoms with Crippen LogP contribution in [0.3, 0.4) is 0 Å². The third kappa shape index (κ3) is 1.89. The van der Waals surface area contributed by atoms with Crippen molar-refractivity contribution in [3.8, 4) is 0 Å². The zero-order valence-electron chi connectivity index (χ0n) is 11.6. The molecule has 0 saturated heterocycles. The van der Waals surface area contributed by atoms with Gasteiger partial charge in [0.2, 0.25) is 5.82 Å². The summed E-state index contributed by atoms with van der Waals surface area (Å²) < 4.78 is 3.81. The second-order valence-electron chi connectivity index (χ2n) is 5.18. The van der Waals surface area contributed by atoms with Crippen molar-refractivity contribution in [3.63, 3.8) is 0 Å². The Morgan fingerprint density at radius 2 is 2.10 bits per heavy atom. The van der Waals surface area contributed by atoms with Gasteiger partial charge in [0.25, 0.3) is 11.7 Å². The number of hydrogen-bond acceptors (Lipinski definition) is 4. The van der Waals surface area contributed by atoms with Gasteiger partial charge in [0.05, 0.1) is 6.54 Å². The number of aromatic nitrogens is 5. The Hall–Kier alpha value is -2.70. The van der Waals surface area contributed by atoms with Gasteiger partial charge in [-0.1, -0.05) is 0 Å². The molecule has 7 nitrogen and oxygen atoms in total. The van der Waals surface area contributed by atoms with Gasteiger partial charge >= 0.3 is 0 Å². The fourth-order valence-electron chi connectivity index (χ4n) is 2.65. The molecule has 0 radical (unpaired) electrons. The quantitative estimate of drug-likeness (QED) is 0.664. The molecule has 0 N–H and O–H groups in total. The molecule has 0 spiro atoms. The molecule has 3 aromatic rings. The van der Waals surface area contributed by atoms with Gasteiger partial charge in [0.1, 0.15) is 0 Å². The average Bonchev–Trinajstić information content (AvgIpc) is 3.11. The monoisotopic (exact) mass is 282 g/mol. The van der Waals surface area contributed by atoms with Gasteiger partial charge < -0.3 is 9.47 Å². The molecule has 0 aliphatic carbocycles. The minimum absolute atomic E-state index is 0.111. The first-order chi connectivity index (χ1) is 10.2. The number of rotatable bonds is 1. The van der Waals surface area contributed by atoms with Crippen molar-refractivity contribution < 1.29 is 4.79 Å². The Morgan fingerprint density at radius 3 is 3.00 bits per heavy atom. The summed E-state index contributed by atoms with van der Waals surface area (Å²) in [6.07, 6.45) is 3.83. The standard InChI is InChI=1S/C14H14N6O/c1-10-4-6-20-12(16-17-14(20)15-10)13(21)19-8-7-18-5-2-3-11(18)9-19/h2-6H,7-9H2,1H3. The van der Waals surface area contributed by atoms with Crippen LogP contribution in [0.1, 0.15) is 22.0 Å². The molecule has 1 amide bonds. The average molecular weight is 282 g/mol. The highest BCUT2D eigenvalue weighted by molar-refractivity contribution is 5.91. The molecule has 0 aromatic carbocycles. The molecule has 7 heteroatoms. The van der Waals surface area contributed by atoms with Gasteiger partial charge in [-0.05, 0) is 25.1 Å². The predicted octanol–water partition coefficient (Wildman–Crippen LogP) is 0.890. The van der Waals surface area contributed by atoms with Gasteiger partial charge in [-0.3, -0.25) is 9.20 Å². The van der Waals surface area contributed by atoms with E-state index in [1.54, 1.807) is 15.5 Å². The van der Waals surface area contributed by atoms with Crippen LogP contribution in [0.25, 0.3) is 5.78 Å². The zero-order chi connectivity index (χ0) is 14.4. The highest BCUT2D eigenvalue weighted by Gasteiger charge is 2.25. The molecule has 0 fully saturated rings. The van der Waals surface area contributed by atoms with E-state index in [4.69, 9.17) is 0 Å². The normalized spacial score (nSPS) is 14.4. The number of fused-ring (bicyclic) bond motifs is 2. The SMILES string of the molecule is Cc1ccn2c(C(=O)N3CCn4cccc4C3)nnc2n1. The lowest BCUT2D eigenvalue weighted by Crippen LogP contribution is -2.38. The predicted molar refractivity (Wildman–Crippen MR) is 74.7 cm³/mol. The van der Waals surface area contributed by atoms with Gasteiger partial charge in [0, 0.05) is 36.9 Å². The van der Waals surface area contributed by atoms with Gasteiger partial charge in [-0.25, -0.2) is 4.98 Å². The van der Waals surface area contributed by atoms with E-state index < -0.39 is 0 Å². The lowest BCUT2D eigenvalue weighted by Gasteiger charge is -2.27. The third-order valence-corrected chi connectivity index (χ3v) is 3.78. The molecule has 0 unspecified atom stereocenters. The Balaban J connectivity index is 1.68. The fourth-order valence-corrected chi connectivity index (χ4v) is 2.65. The van der Waals surface area contributed by atoms with E-state index in [1.165, 1.54) is 0 Å². The largest absolute Gasteiger partial charge is 0.348 e. The van der Waals surface area contributed by atoms with E-state index in [2.05, 4.69) is 19.7 Å². The van der Waals surface area contributed by atoms with E-state index in [9.17, 15) is 4.79 Å². The smallest absolute Gasteiger partial charge is 0.292 e. The van der Waals surface area contributed by atoms with Gasteiger partial charge in [-0.15, -0.1) is 10.2 Å². The number of amides is 1. The molecule has 21 heavy (non-hydrogen) atoms. The molecule has 1 aliphatic heterocycles. The van der Waals surface area contributed by atoms with Crippen molar-refractivity contribution in [2.75, 3.05) is 6.54 Å². The number of nitrogens with zero attached hydrogens (tertiary/aromatic N) is 6. The second-order valence-corrected chi connectivity index (χ2v) is 5.18. The molecule has 0 saturated carbocycles. The van der Waals surface area contributed by atoms with Gasteiger partial charge in [0.15, 0.2) is 0 Å². The maximum Gasteiger partial charge on any atom is 0.292 e. The molecule has 1 aliphatic rings. The highest BCUT2D eigenvalue weighted by Crippen LogP contribution is 2.15. The Bertz CT molecular complexity index is 833. The van der Waals surface area contributed by atoms with Crippen LogP contribution in [0.15, 0.2) is 30.6 Å². The van der Waals surface area contributed by atoms with Crippen LogP contribution in [0.5, 0.6) is 0 Å². The highest BCUT2D eigenvalue weighted by atomic mass is 16.2. The van der Waals surface area contributed by atoms with Crippen LogP contribution < -0.4 is 0 Å². The van der Waals surface area contributed by atoms with Crippen LogP contribution in [0.2, 0.25) is 0 Å². The summed E-state index contributed by atoms with van der Waals surface area (Å²) in [4.78, 5) is 18.7. The van der Waals surface area contributed by atoms with Crippen LogP contribution >= 0.6 is 0 Å². The second kappa shape index (κ2) is 4.41. The van der Waals surface area contributed by atoms with Gasteiger partial charge in [-0.2, -0.15) is 0 Å². The van der Waals surface area contributed by atoms with Crippen LogP contribution in [-0.4, -0.2) is 41.5 Å². The van der Waals surface area contributed by atoms with E-state index in [1.807, 2.05) is 31.3 Å². The lowest BCUT2D eigenvalue weighted by atomic mass is 10.3. The molecule has 4 rings (SSSR count). The minimum atomic E-state index is -0.111. The summed E-state index contributed by atoms with van der Waals surface area (Å²) in [6, 6.07) is 5.88. The van der Waals surface area contributed by atoms with Crippen LogP contribution in [-0.2, 0) is 13.1 Å². The lowest BCUT2D eigenvalue weighted by molar-refractivity contribution is 0.0697. The van der Waals surface area contributed by atoms with Crippen LogP contribution in [0.4, 0.5) is 0 Å². The first-order valence-electron chi connectivity index (χ1n) is 6.84. The van der Waals surface area contributed by atoms with Crippen LogP contribution in [0, 0.1) is 6.92 Å². The first-order valence-corrected chi connectivity index (χ1v) is 6.84. The van der Waals surface area contributed by atoms with E-state index in [0.29, 0.717) is 24.7 Å². The number of aryl methyl sites for hydroxylation is 1. The summed E-state index contributed by atoms with van der Waals surface area (Å²) in [5.41, 5.74) is 1.99. The Morgan fingerprint density at radius 1 is 1.19 bits per heavy atom. The maximum atomic E-state index is 12.7. The zero-order valence-corrected chi connectivity index (χ0v) is 11.6.